The minimum absolute atomic E-state index is 0.835. The van der Waals surface area contributed by atoms with Crippen LogP contribution in [0.15, 0.2) is 24.3 Å². The van der Waals surface area contributed by atoms with Gasteiger partial charge in [-0.1, -0.05) is 11.6 Å². The standard InChI is InChI=1S/C9H10ClNO/c1-11(7-10)8-3-5-9(12-2)6-4-8/h3-6H,1-2H3. The summed E-state index contributed by atoms with van der Waals surface area (Å²) < 4.78 is 5.01. The Kier molecular flexibility index (Phi) is 3.23. The first kappa shape index (κ1) is 9.20. The van der Waals surface area contributed by atoms with E-state index in [1.165, 1.54) is 0 Å². The third kappa shape index (κ3) is 2.05. The number of ether oxygens (including phenoxy) is 1. The maximum atomic E-state index is 5.40. The van der Waals surface area contributed by atoms with E-state index in [9.17, 15) is 0 Å². The van der Waals surface area contributed by atoms with Gasteiger partial charge in [0.25, 0.3) is 0 Å². The second-order valence-corrected chi connectivity index (χ2v) is 2.51. The molecule has 0 aliphatic heterocycles. The number of benzene rings is 1. The van der Waals surface area contributed by atoms with Crippen LogP contribution in [0.2, 0.25) is 0 Å². The Morgan fingerprint density at radius 2 is 1.92 bits per heavy atom. The molecular weight excluding hydrogens is 174 g/mol. The Morgan fingerprint density at radius 1 is 1.33 bits per heavy atom. The second-order valence-electron chi connectivity index (χ2n) is 2.34. The van der Waals surface area contributed by atoms with Gasteiger partial charge in [0, 0.05) is 12.7 Å². The Morgan fingerprint density at radius 3 is 2.33 bits per heavy atom. The van der Waals surface area contributed by atoms with Gasteiger partial charge < -0.3 is 9.64 Å². The second kappa shape index (κ2) is 4.21. The molecule has 0 spiro atoms. The Hall–Kier alpha value is -0.890. The topological polar surface area (TPSA) is 12.5 Å². The fourth-order valence-corrected chi connectivity index (χ4v) is 0.952. The molecule has 0 amide bonds. The average Bonchev–Trinajstić information content (AvgIpc) is 2.17. The third-order valence-electron chi connectivity index (χ3n) is 1.59. The van der Waals surface area contributed by atoms with Crippen molar-refractivity contribution in [3.63, 3.8) is 0 Å². The lowest BCUT2D eigenvalue weighted by Crippen LogP contribution is -2.08. The van der Waals surface area contributed by atoms with Crippen LogP contribution in [0.3, 0.4) is 0 Å². The summed E-state index contributed by atoms with van der Waals surface area (Å²) in [6, 6.07) is 10.1. The molecule has 0 atom stereocenters. The van der Waals surface area contributed by atoms with Gasteiger partial charge in [-0.2, -0.15) is 0 Å². The number of hydrogen-bond donors (Lipinski definition) is 0. The predicted molar refractivity (Wildman–Crippen MR) is 50.5 cm³/mol. The van der Waals surface area contributed by atoms with Gasteiger partial charge >= 0.3 is 0 Å². The van der Waals surface area contributed by atoms with Crippen molar-refractivity contribution in [1.29, 1.82) is 0 Å². The van der Waals surface area contributed by atoms with E-state index < -0.39 is 0 Å². The van der Waals surface area contributed by atoms with E-state index in [1.54, 1.807) is 12.0 Å². The summed E-state index contributed by atoms with van der Waals surface area (Å²) in [6.45, 7) is 0. The highest BCUT2D eigenvalue weighted by atomic mass is 35.5. The summed E-state index contributed by atoms with van der Waals surface area (Å²) in [5.74, 6) is 0.835. The molecule has 0 saturated carbocycles. The molecule has 0 aliphatic carbocycles. The molecule has 0 bridgehead atoms. The van der Waals surface area contributed by atoms with Crippen LogP contribution in [0.1, 0.15) is 0 Å². The van der Waals surface area contributed by atoms with Gasteiger partial charge in [0.15, 0.2) is 6.00 Å². The maximum Gasteiger partial charge on any atom is 0.197 e. The number of rotatable bonds is 3. The SMILES string of the molecule is COc1ccc(N(C)[C]Cl)cc1. The van der Waals surface area contributed by atoms with E-state index in [1.807, 2.05) is 31.3 Å². The van der Waals surface area contributed by atoms with E-state index in [4.69, 9.17) is 16.3 Å². The predicted octanol–water partition coefficient (Wildman–Crippen LogP) is 2.37. The van der Waals surface area contributed by atoms with Crippen LogP contribution in [0.4, 0.5) is 5.69 Å². The molecule has 3 heteroatoms. The van der Waals surface area contributed by atoms with Crippen LogP contribution >= 0.6 is 11.6 Å². The van der Waals surface area contributed by atoms with Gasteiger partial charge in [0.05, 0.1) is 7.11 Å². The smallest absolute Gasteiger partial charge is 0.197 e. The monoisotopic (exact) mass is 183 g/mol. The van der Waals surface area contributed by atoms with E-state index in [0.717, 1.165) is 11.4 Å². The number of halogens is 1. The number of nitrogens with zero attached hydrogens (tertiary/aromatic N) is 1. The van der Waals surface area contributed by atoms with Gasteiger partial charge in [-0.25, -0.2) is 0 Å². The summed E-state index contributed by atoms with van der Waals surface area (Å²) in [5, 5.41) is 0. The molecular formula is C9H10ClNO. The fourth-order valence-electron chi connectivity index (χ4n) is 0.855. The highest BCUT2D eigenvalue weighted by Crippen LogP contribution is 2.19. The van der Waals surface area contributed by atoms with E-state index in [-0.39, 0.29) is 0 Å². The van der Waals surface area contributed by atoms with Gasteiger partial charge in [0.2, 0.25) is 0 Å². The van der Waals surface area contributed by atoms with Crippen molar-refractivity contribution < 1.29 is 4.74 Å². The van der Waals surface area contributed by atoms with Crippen LogP contribution in [0.5, 0.6) is 5.75 Å². The van der Waals surface area contributed by atoms with Crippen LogP contribution in [0.25, 0.3) is 0 Å². The lowest BCUT2D eigenvalue weighted by atomic mass is 10.3. The van der Waals surface area contributed by atoms with Crippen LogP contribution < -0.4 is 9.64 Å². The van der Waals surface area contributed by atoms with Crippen LogP contribution in [0, 0.1) is 6.00 Å². The summed E-state index contributed by atoms with van der Waals surface area (Å²) in [6.07, 6.45) is 0. The van der Waals surface area contributed by atoms with E-state index >= 15 is 0 Å². The van der Waals surface area contributed by atoms with Gasteiger partial charge in [-0.05, 0) is 24.3 Å². The summed E-state index contributed by atoms with van der Waals surface area (Å²) in [4.78, 5) is 1.70. The van der Waals surface area contributed by atoms with Crippen molar-refractivity contribution in [3.05, 3.63) is 30.3 Å². The number of hydrogen-bond acceptors (Lipinski definition) is 2. The highest BCUT2D eigenvalue weighted by molar-refractivity contribution is 6.24. The molecule has 0 fully saturated rings. The van der Waals surface area contributed by atoms with Crippen molar-refractivity contribution in [2.75, 3.05) is 19.1 Å². The molecule has 0 saturated heterocycles. The van der Waals surface area contributed by atoms with Crippen molar-refractivity contribution in [2.24, 2.45) is 0 Å². The first-order valence-corrected chi connectivity index (χ1v) is 3.90. The Balaban J connectivity index is 2.77. The highest BCUT2D eigenvalue weighted by Gasteiger charge is 1.99. The first-order valence-electron chi connectivity index (χ1n) is 3.52. The van der Waals surface area contributed by atoms with Crippen LogP contribution in [-0.2, 0) is 0 Å². The molecule has 1 rings (SSSR count). The normalized spacial score (nSPS) is 9.58. The van der Waals surface area contributed by atoms with Gasteiger partial charge in [-0.15, -0.1) is 0 Å². The summed E-state index contributed by atoms with van der Waals surface area (Å²) in [5.41, 5.74) is 0.978. The molecule has 12 heavy (non-hydrogen) atoms. The summed E-state index contributed by atoms with van der Waals surface area (Å²) in [7, 11) is 3.47. The van der Waals surface area contributed by atoms with Gasteiger partial charge in [0.1, 0.15) is 5.75 Å². The molecule has 64 valence electrons. The summed E-state index contributed by atoms with van der Waals surface area (Å²) >= 11 is 5.40. The van der Waals surface area contributed by atoms with Gasteiger partial charge in [-0.3, -0.25) is 0 Å². The van der Waals surface area contributed by atoms with Crippen molar-refractivity contribution in [2.45, 2.75) is 0 Å². The molecule has 0 aliphatic rings. The molecule has 2 nitrogen and oxygen atoms in total. The first-order chi connectivity index (χ1) is 5.77. The van der Waals surface area contributed by atoms with Crippen molar-refractivity contribution >= 4 is 17.3 Å². The average molecular weight is 184 g/mol. The lowest BCUT2D eigenvalue weighted by molar-refractivity contribution is 0.415. The molecule has 1 aromatic carbocycles. The molecule has 0 N–H and O–H groups in total. The molecule has 0 heterocycles. The van der Waals surface area contributed by atoms with Crippen molar-refractivity contribution in [1.82, 2.24) is 0 Å². The quantitative estimate of drug-likeness (QED) is 0.527. The zero-order chi connectivity index (χ0) is 8.97. The third-order valence-corrected chi connectivity index (χ3v) is 1.84. The van der Waals surface area contributed by atoms with E-state index in [2.05, 4.69) is 6.00 Å². The largest absolute Gasteiger partial charge is 0.497 e. The number of anilines is 1. The molecule has 1 aromatic rings. The minimum Gasteiger partial charge on any atom is -0.497 e. The Labute approximate surface area is 77.7 Å². The maximum absolute atomic E-state index is 5.40. The van der Waals surface area contributed by atoms with E-state index in [0.29, 0.717) is 0 Å². The molecule has 2 radical (unpaired) electrons. The fraction of sp³-hybridized carbons (Fsp3) is 0.222. The number of methoxy groups -OCH3 is 1. The molecule has 0 aromatic heterocycles. The molecule has 0 unspecified atom stereocenters. The van der Waals surface area contributed by atoms with Crippen LogP contribution in [-0.4, -0.2) is 14.2 Å². The van der Waals surface area contributed by atoms with Crippen molar-refractivity contribution in [3.8, 4) is 5.75 Å². The zero-order valence-electron chi connectivity index (χ0n) is 7.04. The zero-order valence-corrected chi connectivity index (χ0v) is 7.80. The Bertz CT molecular complexity index is 235. The minimum atomic E-state index is 0.835. The lowest BCUT2D eigenvalue weighted by Gasteiger charge is -2.13.